The van der Waals surface area contributed by atoms with E-state index in [1.54, 1.807) is 6.92 Å². The van der Waals surface area contributed by atoms with Crippen LogP contribution in [0, 0.1) is 11.8 Å². The Kier molecular flexibility index (Phi) is 11.5. The van der Waals surface area contributed by atoms with Gasteiger partial charge in [-0.1, -0.05) is 13.0 Å². The summed E-state index contributed by atoms with van der Waals surface area (Å²) in [7, 11) is 0. The second-order valence-corrected chi connectivity index (χ2v) is 8.31. The minimum absolute atomic E-state index is 0. The zero-order valence-electron chi connectivity index (χ0n) is 18.0. The molecule has 8 heteroatoms. The second kappa shape index (κ2) is 13.0. The van der Waals surface area contributed by atoms with Gasteiger partial charge >= 0.3 is 0 Å². The van der Waals surface area contributed by atoms with E-state index in [4.69, 9.17) is 0 Å². The Bertz CT molecular complexity index is 677. The van der Waals surface area contributed by atoms with Crippen molar-refractivity contribution in [3.05, 3.63) is 24.3 Å². The fourth-order valence-electron chi connectivity index (χ4n) is 4.20. The van der Waals surface area contributed by atoms with Crippen LogP contribution in [-0.2, 0) is 9.59 Å². The molecule has 1 aromatic carbocycles. The molecule has 2 aliphatic rings. The van der Waals surface area contributed by atoms with Gasteiger partial charge in [-0.3, -0.25) is 9.59 Å². The number of rotatable bonds is 7. The molecule has 3 rings (SSSR count). The summed E-state index contributed by atoms with van der Waals surface area (Å²) in [6.07, 6.45) is 5.25. The first-order valence-corrected chi connectivity index (χ1v) is 10.7. The molecule has 0 saturated carbocycles. The largest absolute Gasteiger partial charge is 0.371 e. The number of nitrogens with one attached hydrogen (secondary N) is 3. The van der Waals surface area contributed by atoms with Crippen LogP contribution in [0.3, 0.4) is 0 Å². The maximum absolute atomic E-state index is 12.5. The maximum Gasteiger partial charge on any atom is 0.246 e. The van der Waals surface area contributed by atoms with Crippen molar-refractivity contribution in [2.24, 2.45) is 11.8 Å². The monoisotopic (exact) mass is 458 g/mol. The Morgan fingerprint density at radius 3 is 2.57 bits per heavy atom. The number of nitrogens with zero attached hydrogens (tertiary/aromatic N) is 1. The number of hydrogen-bond acceptors (Lipinski definition) is 4. The number of halogens is 2. The molecule has 2 fully saturated rings. The molecular formula is C22H36Cl2N4O2. The Labute approximate surface area is 192 Å². The summed E-state index contributed by atoms with van der Waals surface area (Å²) in [5, 5.41) is 9.20. The van der Waals surface area contributed by atoms with Gasteiger partial charge in [0.15, 0.2) is 0 Å². The number of benzene rings is 1. The van der Waals surface area contributed by atoms with E-state index in [-0.39, 0.29) is 36.6 Å². The molecule has 0 aliphatic carbocycles. The maximum atomic E-state index is 12.5. The summed E-state index contributed by atoms with van der Waals surface area (Å²) in [5.41, 5.74) is 1.92. The van der Waals surface area contributed by atoms with Crippen LogP contribution >= 0.6 is 24.8 Å². The van der Waals surface area contributed by atoms with Crippen molar-refractivity contribution < 1.29 is 9.59 Å². The van der Waals surface area contributed by atoms with Crippen molar-refractivity contribution in [2.75, 3.05) is 36.4 Å². The molecule has 30 heavy (non-hydrogen) atoms. The molecule has 170 valence electrons. The number of anilines is 2. The lowest BCUT2D eigenvalue weighted by atomic mass is 9.85. The number of carbonyl (C=O) groups is 2. The van der Waals surface area contributed by atoms with Gasteiger partial charge in [-0.25, -0.2) is 0 Å². The number of amides is 2. The van der Waals surface area contributed by atoms with Crippen LogP contribution in [0.25, 0.3) is 0 Å². The van der Waals surface area contributed by atoms with Gasteiger partial charge in [-0.15, -0.1) is 24.8 Å². The lowest BCUT2D eigenvalue weighted by molar-refractivity contribution is -0.127. The van der Waals surface area contributed by atoms with Crippen LogP contribution in [0.4, 0.5) is 11.4 Å². The molecule has 6 nitrogen and oxygen atoms in total. The topological polar surface area (TPSA) is 73.5 Å². The summed E-state index contributed by atoms with van der Waals surface area (Å²) < 4.78 is 0. The third kappa shape index (κ3) is 7.64. The van der Waals surface area contributed by atoms with Gasteiger partial charge in [0.25, 0.3) is 0 Å². The highest BCUT2D eigenvalue weighted by Gasteiger charge is 2.24. The van der Waals surface area contributed by atoms with Gasteiger partial charge in [-0.2, -0.15) is 0 Å². The Morgan fingerprint density at radius 2 is 1.90 bits per heavy atom. The Hall–Kier alpha value is -1.50. The van der Waals surface area contributed by atoms with Gasteiger partial charge in [0, 0.05) is 30.9 Å². The Morgan fingerprint density at radius 1 is 1.17 bits per heavy atom. The molecule has 3 atom stereocenters. The quantitative estimate of drug-likeness (QED) is 0.583. The standard InChI is InChI=1S/C22H34N4O2.2ClH/c1-16(18-7-6-10-23-15-18)13-21(27)24-17(2)22(28)25-19-8-5-9-20(14-19)26-11-3-4-12-26;;/h5,8-9,14,16-18,23H,3-4,6-7,10-13,15H2,1-2H3,(H,24,27)(H,25,28);2*1H. The molecule has 2 heterocycles. The summed E-state index contributed by atoms with van der Waals surface area (Å²) in [6, 6.07) is 7.39. The molecule has 2 saturated heterocycles. The van der Waals surface area contributed by atoms with E-state index in [0.29, 0.717) is 18.3 Å². The van der Waals surface area contributed by atoms with E-state index < -0.39 is 6.04 Å². The highest BCUT2D eigenvalue weighted by molar-refractivity contribution is 5.97. The fourth-order valence-corrected chi connectivity index (χ4v) is 4.20. The van der Waals surface area contributed by atoms with E-state index in [2.05, 4.69) is 33.8 Å². The van der Waals surface area contributed by atoms with Gasteiger partial charge in [0.2, 0.25) is 11.8 Å². The van der Waals surface area contributed by atoms with Crippen LogP contribution < -0.4 is 20.9 Å². The van der Waals surface area contributed by atoms with Crippen molar-refractivity contribution in [1.82, 2.24) is 10.6 Å². The minimum atomic E-state index is -0.556. The summed E-state index contributed by atoms with van der Waals surface area (Å²) in [6.45, 7) is 8.07. The first kappa shape index (κ1) is 26.5. The Balaban J connectivity index is 0.00000225. The lowest BCUT2D eigenvalue weighted by Gasteiger charge is -2.28. The van der Waals surface area contributed by atoms with Crippen molar-refractivity contribution >= 4 is 48.0 Å². The van der Waals surface area contributed by atoms with Crippen LogP contribution in [0.1, 0.15) is 46.0 Å². The number of piperidine rings is 1. The van der Waals surface area contributed by atoms with Crippen LogP contribution in [0.5, 0.6) is 0 Å². The summed E-state index contributed by atoms with van der Waals surface area (Å²) in [4.78, 5) is 27.2. The average Bonchev–Trinajstić information content (AvgIpc) is 3.23. The molecule has 0 bridgehead atoms. The molecule has 3 N–H and O–H groups in total. The van der Waals surface area contributed by atoms with Crippen LogP contribution in [0.2, 0.25) is 0 Å². The zero-order chi connectivity index (χ0) is 19.9. The number of carbonyl (C=O) groups excluding carboxylic acids is 2. The molecule has 2 amide bonds. The molecule has 0 spiro atoms. The number of hydrogen-bond donors (Lipinski definition) is 3. The van der Waals surface area contributed by atoms with Gasteiger partial charge in [-0.05, 0) is 75.7 Å². The predicted molar refractivity (Wildman–Crippen MR) is 128 cm³/mol. The fraction of sp³-hybridized carbons (Fsp3) is 0.636. The predicted octanol–water partition coefficient (Wildman–Crippen LogP) is 3.60. The summed E-state index contributed by atoms with van der Waals surface area (Å²) >= 11 is 0. The smallest absolute Gasteiger partial charge is 0.246 e. The second-order valence-electron chi connectivity index (χ2n) is 8.31. The molecular weight excluding hydrogens is 423 g/mol. The van der Waals surface area contributed by atoms with E-state index in [9.17, 15) is 9.59 Å². The van der Waals surface area contributed by atoms with Gasteiger partial charge in [0.05, 0.1) is 0 Å². The third-order valence-corrected chi connectivity index (χ3v) is 6.00. The third-order valence-electron chi connectivity index (χ3n) is 6.00. The van der Waals surface area contributed by atoms with E-state index >= 15 is 0 Å². The molecule has 1 aromatic rings. The first-order chi connectivity index (χ1) is 13.5. The van der Waals surface area contributed by atoms with Gasteiger partial charge in [0.1, 0.15) is 6.04 Å². The van der Waals surface area contributed by atoms with E-state index in [1.807, 2.05) is 18.2 Å². The molecule has 0 aromatic heterocycles. The zero-order valence-corrected chi connectivity index (χ0v) is 19.6. The highest BCUT2D eigenvalue weighted by atomic mass is 35.5. The van der Waals surface area contributed by atoms with Crippen LogP contribution in [0.15, 0.2) is 24.3 Å². The SMILES string of the molecule is CC(NC(=O)CC(C)C1CCCNC1)C(=O)Nc1cccc(N2CCCC2)c1.Cl.Cl. The highest BCUT2D eigenvalue weighted by Crippen LogP contribution is 2.24. The molecule has 0 radical (unpaired) electrons. The van der Waals surface area contributed by atoms with Crippen molar-refractivity contribution in [3.8, 4) is 0 Å². The molecule has 3 unspecified atom stereocenters. The molecule has 2 aliphatic heterocycles. The first-order valence-electron chi connectivity index (χ1n) is 10.7. The minimum Gasteiger partial charge on any atom is -0.371 e. The van der Waals surface area contributed by atoms with Crippen LogP contribution in [-0.4, -0.2) is 44.0 Å². The lowest BCUT2D eigenvalue weighted by Crippen LogP contribution is -2.43. The van der Waals surface area contributed by atoms with Gasteiger partial charge < -0.3 is 20.9 Å². The van der Waals surface area contributed by atoms with E-state index in [0.717, 1.165) is 37.6 Å². The van der Waals surface area contributed by atoms with E-state index in [1.165, 1.54) is 25.7 Å². The van der Waals surface area contributed by atoms with Crippen molar-refractivity contribution in [1.29, 1.82) is 0 Å². The van der Waals surface area contributed by atoms with Crippen molar-refractivity contribution in [2.45, 2.75) is 52.0 Å². The normalized spacial score (nSPS) is 20.3. The summed E-state index contributed by atoms with van der Waals surface area (Å²) in [5.74, 6) is 0.627. The van der Waals surface area contributed by atoms with Crippen molar-refractivity contribution in [3.63, 3.8) is 0 Å². The average molecular weight is 459 g/mol.